The van der Waals surface area contributed by atoms with E-state index in [0.717, 1.165) is 6.42 Å². The molecule has 24 heavy (non-hydrogen) atoms. The van der Waals surface area contributed by atoms with Crippen LogP contribution in [-0.4, -0.2) is 43.1 Å². The fraction of sp³-hybridized carbons (Fsp3) is 0.778. The molecule has 6 heteroatoms. The molecule has 1 heterocycles. The summed E-state index contributed by atoms with van der Waals surface area (Å²) in [6.07, 6.45) is 3.57. The first-order valence-electron chi connectivity index (χ1n) is 8.91. The van der Waals surface area contributed by atoms with E-state index in [0.29, 0.717) is 43.2 Å². The highest BCUT2D eigenvalue weighted by Crippen LogP contribution is 2.60. The summed E-state index contributed by atoms with van der Waals surface area (Å²) < 4.78 is 0. The highest BCUT2D eigenvalue weighted by atomic mass is 16.6. The van der Waals surface area contributed by atoms with Crippen molar-refractivity contribution in [3.63, 3.8) is 0 Å². The fourth-order valence-electron chi connectivity index (χ4n) is 4.64. The minimum atomic E-state index is -0.0967. The van der Waals surface area contributed by atoms with Crippen LogP contribution in [0.15, 0.2) is 12.2 Å². The number of piperidine rings is 1. The van der Waals surface area contributed by atoms with Crippen LogP contribution >= 0.6 is 0 Å². The Morgan fingerprint density at radius 1 is 1.25 bits per heavy atom. The number of hydrogen-bond acceptors (Lipinski definition) is 3. The molecule has 3 aliphatic carbocycles. The molecule has 0 aromatic heterocycles. The van der Waals surface area contributed by atoms with E-state index in [1.807, 2.05) is 4.90 Å². The molecule has 2 N–H and O–H groups in total. The van der Waals surface area contributed by atoms with Gasteiger partial charge in [0.25, 0.3) is 0 Å². The maximum atomic E-state index is 12.5. The average Bonchev–Trinajstić information content (AvgIpc) is 2.56. The van der Waals surface area contributed by atoms with E-state index in [-0.39, 0.29) is 23.9 Å². The van der Waals surface area contributed by atoms with Gasteiger partial charge < -0.3 is 10.2 Å². The van der Waals surface area contributed by atoms with Crippen LogP contribution in [-0.2, 0) is 9.63 Å². The Labute approximate surface area is 143 Å². The Morgan fingerprint density at radius 2 is 1.92 bits per heavy atom. The minimum Gasteiger partial charge on any atom is -0.332 e. The van der Waals surface area contributed by atoms with Crippen molar-refractivity contribution < 1.29 is 14.4 Å². The van der Waals surface area contributed by atoms with Gasteiger partial charge in [-0.1, -0.05) is 26.0 Å². The predicted octanol–water partition coefficient (Wildman–Crippen LogP) is 2.08. The standard InChI is InChI=1S/C18H29N3O3/c1-11-14-9-13(18(14,2)3)10-15(11)19-17(23)21-7-5-12(6-8-21)16(22)20-24-4/h12-15H,1,5-10H2,2-4H3,(H,19,23)(H,20,22)/t13-,14+,15?/m1/s1. The second-order valence-corrected chi connectivity index (χ2v) is 8.05. The molecule has 3 amide bonds. The molecule has 6 nitrogen and oxygen atoms in total. The molecule has 3 saturated carbocycles. The van der Waals surface area contributed by atoms with Gasteiger partial charge in [-0.05, 0) is 42.9 Å². The zero-order chi connectivity index (χ0) is 17.5. The summed E-state index contributed by atoms with van der Waals surface area (Å²) >= 11 is 0. The lowest BCUT2D eigenvalue weighted by atomic mass is 9.46. The molecule has 1 saturated heterocycles. The SMILES string of the molecule is C=C1C(NC(=O)N2CCC(C(=O)NOC)CC2)C[C@H]2C[C@@H]1C2(C)C. The molecule has 0 aromatic carbocycles. The van der Waals surface area contributed by atoms with Crippen LogP contribution in [0.25, 0.3) is 0 Å². The first kappa shape index (κ1) is 17.3. The molecular formula is C18H29N3O3. The second kappa shape index (κ2) is 6.39. The molecule has 2 bridgehead atoms. The van der Waals surface area contributed by atoms with Crippen LogP contribution < -0.4 is 10.8 Å². The van der Waals surface area contributed by atoms with E-state index in [2.05, 4.69) is 36.1 Å². The third-order valence-electron chi connectivity index (χ3n) is 6.54. The molecule has 1 aliphatic heterocycles. The highest BCUT2D eigenvalue weighted by molar-refractivity contribution is 5.79. The van der Waals surface area contributed by atoms with E-state index in [4.69, 9.17) is 0 Å². The molecule has 3 atom stereocenters. The van der Waals surface area contributed by atoms with Crippen molar-refractivity contribution in [3.8, 4) is 0 Å². The van der Waals surface area contributed by atoms with Crippen LogP contribution in [0.1, 0.15) is 39.5 Å². The highest BCUT2D eigenvalue weighted by Gasteiger charge is 2.55. The molecule has 134 valence electrons. The summed E-state index contributed by atoms with van der Waals surface area (Å²) in [5, 5.41) is 3.17. The van der Waals surface area contributed by atoms with Gasteiger partial charge in [-0.2, -0.15) is 0 Å². The van der Waals surface area contributed by atoms with Gasteiger partial charge in [-0.25, -0.2) is 10.3 Å². The molecule has 0 radical (unpaired) electrons. The van der Waals surface area contributed by atoms with Gasteiger partial charge in [0.05, 0.1) is 13.2 Å². The zero-order valence-electron chi connectivity index (χ0n) is 14.9. The normalized spacial score (nSPS) is 32.0. The predicted molar refractivity (Wildman–Crippen MR) is 90.9 cm³/mol. The number of likely N-dealkylation sites (tertiary alicyclic amines) is 1. The summed E-state index contributed by atoms with van der Waals surface area (Å²) in [4.78, 5) is 30.8. The van der Waals surface area contributed by atoms with E-state index in [1.165, 1.54) is 19.1 Å². The summed E-state index contributed by atoms with van der Waals surface area (Å²) in [6.45, 7) is 10.1. The van der Waals surface area contributed by atoms with Crippen molar-refractivity contribution in [2.75, 3.05) is 20.2 Å². The number of rotatable bonds is 3. The van der Waals surface area contributed by atoms with E-state index in [9.17, 15) is 9.59 Å². The number of carbonyl (C=O) groups excluding carboxylic acids is 2. The van der Waals surface area contributed by atoms with Crippen LogP contribution in [0, 0.1) is 23.2 Å². The number of urea groups is 1. The lowest BCUT2D eigenvalue weighted by molar-refractivity contribution is -0.136. The Morgan fingerprint density at radius 3 is 2.46 bits per heavy atom. The number of nitrogens with one attached hydrogen (secondary N) is 2. The number of nitrogens with zero attached hydrogens (tertiary/aromatic N) is 1. The largest absolute Gasteiger partial charge is 0.332 e. The van der Waals surface area contributed by atoms with Crippen molar-refractivity contribution in [2.45, 2.75) is 45.6 Å². The number of hydroxylamine groups is 1. The third-order valence-corrected chi connectivity index (χ3v) is 6.54. The topological polar surface area (TPSA) is 70.7 Å². The first-order chi connectivity index (χ1) is 11.3. The number of hydrogen-bond donors (Lipinski definition) is 2. The lowest BCUT2D eigenvalue weighted by Gasteiger charge is -2.60. The van der Waals surface area contributed by atoms with Gasteiger partial charge >= 0.3 is 6.03 Å². The number of fused-ring (bicyclic) bond motifs is 2. The van der Waals surface area contributed by atoms with Gasteiger partial charge in [0.2, 0.25) is 5.91 Å². The van der Waals surface area contributed by atoms with Crippen LogP contribution in [0.3, 0.4) is 0 Å². The Balaban J connectivity index is 1.49. The molecule has 0 spiro atoms. The van der Waals surface area contributed by atoms with E-state index >= 15 is 0 Å². The molecule has 4 aliphatic rings. The lowest BCUT2D eigenvalue weighted by Crippen LogP contribution is -2.59. The van der Waals surface area contributed by atoms with Crippen molar-refractivity contribution in [2.24, 2.45) is 23.2 Å². The van der Waals surface area contributed by atoms with E-state index in [1.54, 1.807) is 0 Å². The molecule has 1 unspecified atom stereocenters. The maximum absolute atomic E-state index is 12.5. The summed E-state index contributed by atoms with van der Waals surface area (Å²) in [5.74, 6) is 1.04. The fourth-order valence-corrected chi connectivity index (χ4v) is 4.64. The maximum Gasteiger partial charge on any atom is 0.317 e. The van der Waals surface area contributed by atoms with Crippen molar-refractivity contribution in [1.29, 1.82) is 0 Å². The Kier molecular flexibility index (Phi) is 4.60. The number of amides is 3. The molecule has 4 fully saturated rings. The molecule has 0 aromatic rings. The van der Waals surface area contributed by atoms with Gasteiger partial charge in [0, 0.05) is 19.0 Å². The summed E-state index contributed by atoms with van der Waals surface area (Å²) in [7, 11) is 1.43. The van der Waals surface area contributed by atoms with Gasteiger partial charge in [0.1, 0.15) is 0 Å². The van der Waals surface area contributed by atoms with Crippen molar-refractivity contribution in [1.82, 2.24) is 15.7 Å². The van der Waals surface area contributed by atoms with Crippen LogP contribution in [0.5, 0.6) is 0 Å². The smallest absolute Gasteiger partial charge is 0.317 e. The van der Waals surface area contributed by atoms with Gasteiger partial charge in [-0.15, -0.1) is 0 Å². The van der Waals surface area contributed by atoms with Crippen molar-refractivity contribution in [3.05, 3.63) is 12.2 Å². The second-order valence-electron chi connectivity index (χ2n) is 8.05. The first-order valence-corrected chi connectivity index (χ1v) is 8.91. The summed E-state index contributed by atoms with van der Waals surface area (Å²) in [5.41, 5.74) is 3.90. The summed E-state index contributed by atoms with van der Waals surface area (Å²) in [6, 6.07) is 0.0784. The van der Waals surface area contributed by atoms with Gasteiger partial charge in [-0.3, -0.25) is 9.63 Å². The zero-order valence-corrected chi connectivity index (χ0v) is 14.9. The average molecular weight is 335 g/mol. The third kappa shape index (κ3) is 2.92. The van der Waals surface area contributed by atoms with Gasteiger partial charge in [0.15, 0.2) is 0 Å². The van der Waals surface area contributed by atoms with Crippen LogP contribution in [0.4, 0.5) is 4.79 Å². The molecular weight excluding hydrogens is 306 g/mol. The Bertz CT molecular complexity index is 538. The number of carbonyl (C=O) groups is 2. The molecule has 4 rings (SSSR count). The quantitative estimate of drug-likeness (QED) is 0.613. The Hall–Kier alpha value is -1.56. The van der Waals surface area contributed by atoms with Crippen LogP contribution in [0.2, 0.25) is 0 Å². The van der Waals surface area contributed by atoms with Crippen molar-refractivity contribution >= 4 is 11.9 Å². The monoisotopic (exact) mass is 335 g/mol. The van der Waals surface area contributed by atoms with E-state index < -0.39 is 0 Å². The minimum absolute atomic E-state index is 0.0224.